The minimum Gasteiger partial charge on any atom is -0.480 e. The first kappa shape index (κ1) is 15.8. The molecule has 0 aromatic heterocycles. The molecule has 0 saturated heterocycles. The number of ether oxygens (including phenoxy) is 1. The van der Waals surface area contributed by atoms with Gasteiger partial charge in [0, 0.05) is 25.6 Å². The standard InChI is InChI=1S/C17H17N3O4/c21-17(16-11-12-5-1-4-8-15(12)24-16)19-10-9-18-13-6-2-3-7-14(13)20(22)23/h1-8,16,18H,9-11H2,(H,19,21)/t16-/m0/s1. The summed E-state index contributed by atoms with van der Waals surface area (Å²) in [7, 11) is 0. The van der Waals surface area contributed by atoms with Gasteiger partial charge in [0.25, 0.3) is 11.6 Å². The van der Waals surface area contributed by atoms with Gasteiger partial charge in [-0.1, -0.05) is 30.3 Å². The van der Waals surface area contributed by atoms with Crippen LogP contribution in [0.4, 0.5) is 11.4 Å². The zero-order valence-electron chi connectivity index (χ0n) is 12.9. The Hall–Kier alpha value is -3.09. The molecule has 1 atom stereocenters. The Bertz CT molecular complexity index is 738. The Morgan fingerprint density at radius 1 is 1.17 bits per heavy atom. The third-order valence-electron chi connectivity index (χ3n) is 3.78. The molecule has 0 spiro atoms. The molecule has 1 aliphatic heterocycles. The molecule has 2 aromatic rings. The van der Waals surface area contributed by atoms with Gasteiger partial charge in [-0.2, -0.15) is 0 Å². The molecule has 0 aliphatic carbocycles. The fraction of sp³-hybridized carbons (Fsp3) is 0.235. The van der Waals surface area contributed by atoms with E-state index in [-0.39, 0.29) is 11.6 Å². The lowest BCUT2D eigenvalue weighted by Gasteiger charge is -2.12. The number of anilines is 1. The van der Waals surface area contributed by atoms with Gasteiger partial charge < -0.3 is 15.4 Å². The van der Waals surface area contributed by atoms with Crippen LogP contribution in [0.3, 0.4) is 0 Å². The van der Waals surface area contributed by atoms with Crippen LogP contribution in [-0.4, -0.2) is 30.0 Å². The Morgan fingerprint density at radius 2 is 1.92 bits per heavy atom. The van der Waals surface area contributed by atoms with Gasteiger partial charge in [-0.15, -0.1) is 0 Å². The number of amides is 1. The van der Waals surface area contributed by atoms with Gasteiger partial charge in [0.15, 0.2) is 6.10 Å². The number of nitro groups is 1. The van der Waals surface area contributed by atoms with Gasteiger partial charge in [-0.05, 0) is 17.7 Å². The second-order valence-corrected chi connectivity index (χ2v) is 5.41. The molecule has 1 aliphatic rings. The van der Waals surface area contributed by atoms with Crippen LogP contribution in [0.25, 0.3) is 0 Å². The van der Waals surface area contributed by atoms with Gasteiger partial charge in [0.2, 0.25) is 0 Å². The normalized spacial score (nSPS) is 15.2. The highest BCUT2D eigenvalue weighted by Crippen LogP contribution is 2.28. The minimum atomic E-state index is -0.520. The first-order valence-electron chi connectivity index (χ1n) is 7.64. The van der Waals surface area contributed by atoms with Crippen LogP contribution in [-0.2, 0) is 11.2 Å². The second-order valence-electron chi connectivity index (χ2n) is 5.41. The van der Waals surface area contributed by atoms with E-state index >= 15 is 0 Å². The third-order valence-corrected chi connectivity index (χ3v) is 3.78. The molecule has 0 saturated carbocycles. The Kier molecular flexibility index (Phi) is 4.60. The number of hydrogen-bond donors (Lipinski definition) is 2. The zero-order chi connectivity index (χ0) is 16.9. The van der Waals surface area contributed by atoms with Crippen LogP contribution in [0.1, 0.15) is 5.56 Å². The van der Waals surface area contributed by atoms with Crippen molar-refractivity contribution in [2.75, 3.05) is 18.4 Å². The SMILES string of the molecule is O=C(NCCNc1ccccc1[N+](=O)[O-])[C@@H]1Cc2ccccc2O1. The largest absolute Gasteiger partial charge is 0.480 e. The maximum Gasteiger partial charge on any atom is 0.292 e. The summed E-state index contributed by atoms with van der Waals surface area (Å²) < 4.78 is 5.61. The molecule has 0 bridgehead atoms. The summed E-state index contributed by atoms with van der Waals surface area (Å²) in [4.78, 5) is 22.6. The van der Waals surface area contributed by atoms with E-state index in [9.17, 15) is 14.9 Å². The first-order chi connectivity index (χ1) is 11.6. The van der Waals surface area contributed by atoms with Gasteiger partial charge in [-0.3, -0.25) is 14.9 Å². The first-order valence-corrected chi connectivity index (χ1v) is 7.64. The number of para-hydroxylation sites is 3. The summed E-state index contributed by atoms with van der Waals surface area (Å²) in [5.74, 6) is 0.561. The van der Waals surface area contributed by atoms with E-state index in [4.69, 9.17) is 4.74 Å². The fourth-order valence-electron chi connectivity index (χ4n) is 2.61. The molecular formula is C17H17N3O4. The summed E-state index contributed by atoms with van der Waals surface area (Å²) in [6.45, 7) is 0.733. The van der Waals surface area contributed by atoms with Crippen molar-refractivity contribution in [1.82, 2.24) is 5.32 Å². The Balaban J connectivity index is 1.46. The van der Waals surface area contributed by atoms with Crippen molar-refractivity contribution in [3.63, 3.8) is 0 Å². The molecule has 24 heavy (non-hydrogen) atoms. The molecule has 7 heteroatoms. The van der Waals surface area contributed by atoms with Crippen molar-refractivity contribution in [3.8, 4) is 5.75 Å². The number of fused-ring (bicyclic) bond motifs is 1. The molecule has 0 unspecified atom stereocenters. The predicted molar refractivity (Wildman–Crippen MR) is 89.2 cm³/mol. The van der Waals surface area contributed by atoms with Crippen molar-refractivity contribution in [2.45, 2.75) is 12.5 Å². The number of carbonyl (C=O) groups excluding carboxylic acids is 1. The molecule has 1 amide bonds. The smallest absolute Gasteiger partial charge is 0.292 e. The number of nitro benzene ring substituents is 1. The van der Waals surface area contributed by atoms with Crippen LogP contribution >= 0.6 is 0 Å². The van der Waals surface area contributed by atoms with E-state index < -0.39 is 11.0 Å². The molecule has 2 N–H and O–H groups in total. The van der Waals surface area contributed by atoms with Crippen molar-refractivity contribution in [1.29, 1.82) is 0 Å². The van der Waals surface area contributed by atoms with Crippen LogP contribution in [0.15, 0.2) is 48.5 Å². The average Bonchev–Trinajstić information content (AvgIpc) is 3.03. The summed E-state index contributed by atoms with van der Waals surface area (Å²) >= 11 is 0. The molecular weight excluding hydrogens is 310 g/mol. The molecule has 7 nitrogen and oxygen atoms in total. The van der Waals surface area contributed by atoms with Crippen molar-refractivity contribution < 1.29 is 14.5 Å². The number of rotatable bonds is 6. The van der Waals surface area contributed by atoms with Crippen LogP contribution in [0.5, 0.6) is 5.75 Å². The highest BCUT2D eigenvalue weighted by Gasteiger charge is 2.28. The van der Waals surface area contributed by atoms with Crippen LogP contribution < -0.4 is 15.4 Å². The zero-order valence-corrected chi connectivity index (χ0v) is 12.9. The summed E-state index contributed by atoms with van der Waals surface area (Å²) in [6, 6.07) is 14.0. The van der Waals surface area contributed by atoms with E-state index in [1.54, 1.807) is 18.2 Å². The Morgan fingerprint density at radius 3 is 2.71 bits per heavy atom. The molecule has 3 rings (SSSR count). The number of nitrogens with zero attached hydrogens (tertiary/aromatic N) is 1. The molecule has 1 heterocycles. The maximum atomic E-state index is 12.1. The number of carbonyl (C=O) groups is 1. The van der Waals surface area contributed by atoms with E-state index in [2.05, 4.69) is 10.6 Å². The minimum absolute atomic E-state index is 0.0124. The van der Waals surface area contributed by atoms with E-state index in [0.717, 1.165) is 11.3 Å². The summed E-state index contributed by atoms with van der Waals surface area (Å²) in [5, 5.41) is 16.7. The fourth-order valence-corrected chi connectivity index (χ4v) is 2.61. The Labute approximate surface area is 138 Å². The van der Waals surface area contributed by atoms with Crippen LogP contribution in [0, 0.1) is 10.1 Å². The lowest BCUT2D eigenvalue weighted by Crippen LogP contribution is -2.39. The van der Waals surface area contributed by atoms with Gasteiger partial charge >= 0.3 is 0 Å². The number of hydrogen-bond acceptors (Lipinski definition) is 5. The average molecular weight is 327 g/mol. The lowest BCUT2D eigenvalue weighted by molar-refractivity contribution is -0.384. The molecule has 0 radical (unpaired) electrons. The predicted octanol–water partition coefficient (Wildman–Crippen LogP) is 2.13. The van der Waals surface area contributed by atoms with E-state index in [1.165, 1.54) is 6.07 Å². The van der Waals surface area contributed by atoms with E-state index in [0.29, 0.717) is 25.2 Å². The quantitative estimate of drug-likeness (QED) is 0.481. The molecule has 0 fully saturated rings. The highest BCUT2D eigenvalue weighted by molar-refractivity contribution is 5.82. The highest BCUT2D eigenvalue weighted by atomic mass is 16.6. The lowest BCUT2D eigenvalue weighted by atomic mass is 10.1. The van der Waals surface area contributed by atoms with Gasteiger partial charge in [0.1, 0.15) is 11.4 Å². The van der Waals surface area contributed by atoms with E-state index in [1.807, 2.05) is 24.3 Å². The molecule has 124 valence electrons. The third kappa shape index (κ3) is 3.45. The molecule has 2 aromatic carbocycles. The monoisotopic (exact) mass is 327 g/mol. The summed E-state index contributed by atoms with van der Waals surface area (Å²) in [6.07, 6.45) is 0.0352. The van der Waals surface area contributed by atoms with Gasteiger partial charge in [-0.25, -0.2) is 0 Å². The number of benzene rings is 2. The maximum absolute atomic E-state index is 12.1. The second kappa shape index (κ2) is 6.99. The number of nitrogens with one attached hydrogen (secondary N) is 2. The van der Waals surface area contributed by atoms with Gasteiger partial charge in [0.05, 0.1) is 4.92 Å². The van der Waals surface area contributed by atoms with Crippen molar-refractivity contribution >= 4 is 17.3 Å². The van der Waals surface area contributed by atoms with Crippen molar-refractivity contribution in [2.24, 2.45) is 0 Å². The topological polar surface area (TPSA) is 93.5 Å². The van der Waals surface area contributed by atoms with Crippen molar-refractivity contribution in [3.05, 3.63) is 64.2 Å². The summed E-state index contributed by atoms with van der Waals surface area (Å²) in [5.41, 5.74) is 1.47. The van der Waals surface area contributed by atoms with Crippen LogP contribution in [0.2, 0.25) is 0 Å².